The number of aliphatic hydroxyl groups is 1. The fraction of sp³-hybridized carbons (Fsp3) is 0.469. The number of primary amides is 1. The Hall–Kier alpha value is -4.34. The highest BCUT2D eigenvalue weighted by Gasteiger charge is 2.69. The number of ether oxygens (including phenoxy) is 1. The summed E-state index contributed by atoms with van der Waals surface area (Å²) >= 11 is 0. The van der Waals surface area contributed by atoms with Crippen molar-refractivity contribution in [1.82, 2.24) is 10.2 Å². The van der Waals surface area contributed by atoms with E-state index >= 15 is 0 Å². The number of hydrogen-bond donors (Lipinski definition) is 4. The minimum absolute atomic E-state index is 0.0213. The molecular formula is C32H35F3N4O8. The van der Waals surface area contributed by atoms with Crippen LogP contribution in [0.5, 0.6) is 11.5 Å². The standard InChI is InChI=1S/C32H35F3N4O8/c1-38(2)20-11-16(13-37-12-14-5-7-17(8-6-14)47-32(33,34)35)25(40)22-18(20)9-15-10-19-24(39(3)4)27(42)23(30(36)45)29(44)31(19,46)28(43)21(15)26(22)41/h5-8,11,15,19,21,23-24,37,40,46H,9-10,12-13H2,1-4H3,(H2,36,45)/t15-,19-,21?,23?,24-,31-/m0/s1. The van der Waals surface area contributed by atoms with Gasteiger partial charge in [-0.25, -0.2) is 0 Å². The maximum absolute atomic E-state index is 14.2. The van der Waals surface area contributed by atoms with E-state index in [0.29, 0.717) is 16.8 Å². The smallest absolute Gasteiger partial charge is 0.507 e. The van der Waals surface area contributed by atoms with Gasteiger partial charge in [0.05, 0.1) is 17.5 Å². The second kappa shape index (κ2) is 12.0. The molecule has 3 aliphatic rings. The van der Waals surface area contributed by atoms with Gasteiger partial charge in [0.1, 0.15) is 11.5 Å². The van der Waals surface area contributed by atoms with Crippen LogP contribution < -0.4 is 20.7 Å². The number of alkyl halides is 3. The quantitative estimate of drug-likeness (QED) is 0.298. The summed E-state index contributed by atoms with van der Waals surface area (Å²) in [7, 11) is 6.51. The molecule has 3 aliphatic carbocycles. The molecule has 2 saturated carbocycles. The monoisotopic (exact) mass is 660 g/mol. The van der Waals surface area contributed by atoms with Crippen LogP contribution in [-0.4, -0.2) is 90.3 Å². The third kappa shape index (κ3) is 5.76. The summed E-state index contributed by atoms with van der Waals surface area (Å²) < 4.78 is 41.3. The number of ketones is 4. The van der Waals surface area contributed by atoms with Crippen LogP contribution in [0.2, 0.25) is 0 Å². The Kier molecular flexibility index (Phi) is 8.71. The Morgan fingerprint density at radius 2 is 1.70 bits per heavy atom. The highest BCUT2D eigenvalue weighted by molar-refractivity contribution is 6.32. The number of phenols is 1. The lowest BCUT2D eigenvalue weighted by Crippen LogP contribution is -2.74. The molecule has 0 saturated heterocycles. The molecule has 0 heterocycles. The van der Waals surface area contributed by atoms with Crippen LogP contribution in [0.1, 0.15) is 33.5 Å². The van der Waals surface area contributed by atoms with E-state index < -0.39 is 76.5 Å². The van der Waals surface area contributed by atoms with Crippen LogP contribution in [0, 0.1) is 23.7 Å². The van der Waals surface area contributed by atoms with Crippen molar-refractivity contribution in [3.8, 4) is 11.5 Å². The molecule has 15 heteroatoms. The largest absolute Gasteiger partial charge is 0.573 e. The molecule has 5 rings (SSSR count). The average molecular weight is 661 g/mol. The highest BCUT2D eigenvalue weighted by atomic mass is 19.4. The highest BCUT2D eigenvalue weighted by Crippen LogP contribution is 2.52. The number of nitrogens with one attached hydrogen (secondary N) is 1. The van der Waals surface area contributed by atoms with Crippen LogP contribution in [0.4, 0.5) is 18.9 Å². The summed E-state index contributed by atoms with van der Waals surface area (Å²) in [5.41, 5.74) is 4.36. The number of benzene rings is 2. The normalized spacial score (nSPS) is 27.3. The molecule has 1 amide bonds. The predicted octanol–water partition coefficient (Wildman–Crippen LogP) is 1.12. The Bertz CT molecular complexity index is 1660. The number of rotatable bonds is 8. The fourth-order valence-corrected chi connectivity index (χ4v) is 7.39. The molecular weight excluding hydrogens is 625 g/mol. The van der Waals surface area contributed by atoms with Crippen molar-refractivity contribution in [3.63, 3.8) is 0 Å². The number of anilines is 1. The molecule has 0 aromatic heterocycles. The van der Waals surface area contributed by atoms with Gasteiger partial charge < -0.3 is 30.9 Å². The Labute approximate surface area is 267 Å². The molecule has 0 bridgehead atoms. The third-order valence-electron chi connectivity index (χ3n) is 9.40. The Morgan fingerprint density at radius 3 is 2.26 bits per heavy atom. The number of phenolic OH excluding ortho intramolecular Hbond substituents is 1. The van der Waals surface area contributed by atoms with Crippen molar-refractivity contribution >= 4 is 34.7 Å². The molecule has 12 nitrogen and oxygen atoms in total. The molecule has 2 fully saturated rings. The second-order valence-electron chi connectivity index (χ2n) is 12.7. The van der Waals surface area contributed by atoms with E-state index in [1.807, 2.05) is 0 Å². The summed E-state index contributed by atoms with van der Waals surface area (Å²) in [5.74, 6) is -11.7. The number of carbonyl (C=O) groups is 5. The average Bonchev–Trinajstić information content (AvgIpc) is 2.95. The van der Waals surface area contributed by atoms with Crippen LogP contribution in [0.3, 0.4) is 0 Å². The maximum Gasteiger partial charge on any atom is 0.573 e. The minimum Gasteiger partial charge on any atom is -0.507 e. The van der Waals surface area contributed by atoms with Crippen molar-refractivity contribution in [1.29, 1.82) is 0 Å². The van der Waals surface area contributed by atoms with Crippen molar-refractivity contribution in [3.05, 3.63) is 52.6 Å². The van der Waals surface area contributed by atoms with Gasteiger partial charge in [0.15, 0.2) is 34.7 Å². The van der Waals surface area contributed by atoms with Gasteiger partial charge in [-0.3, -0.25) is 28.9 Å². The number of amides is 1. The number of carbonyl (C=O) groups excluding carboxylic acids is 5. The van der Waals surface area contributed by atoms with E-state index in [1.54, 1.807) is 25.1 Å². The summed E-state index contributed by atoms with van der Waals surface area (Å²) in [6, 6.07) is 5.69. The van der Waals surface area contributed by atoms with Crippen LogP contribution in [0.15, 0.2) is 30.3 Å². The van der Waals surface area contributed by atoms with E-state index in [0.717, 1.165) is 0 Å². The van der Waals surface area contributed by atoms with Crippen LogP contribution in [0.25, 0.3) is 0 Å². The third-order valence-corrected chi connectivity index (χ3v) is 9.40. The lowest BCUT2D eigenvalue weighted by Gasteiger charge is -2.52. The number of likely N-dealkylation sites (N-methyl/N-ethyl adjacent to an activating group) is 1. The van der Waals surface area contributed by atoms with Gasteiger partial charge in [0.25, 0.3) is 0 Å². The first kappa shape index (κ1) is 34.0. The Balaban J connectivity index is 1.47. The van der Waals surface area contributed by atoms with Crippen LogP contribution >= 0.6 is 0 Å². The van der Waals surface area contributed by atoms with Gasteiger partial charge in [0.2, 0.25) is 5.91 Å². The Morgan fingerprint density at radius 1 is 1.06 bits per heavy atom. The maximum atomic E-state index is 14.2. The van der Waals surface area contributed by atoms with Crippen molar-refractivity contribution in [2.75, 3.05) is 33.1 Å². The summed E-state index contributed by atoms with van der Waals surface area (Å²) in [6.07, 6.45) is -4.76. The van der Waals surface area contributed by atoms with E-state index in [2.05, 4.69) is 10.1 Å². The molecule has 0 radical (unpaired) electrons. The lowest BCUT2D eigenvalue weighted by atomic mass is 9.52. The number of fused-ring (bicyclic) bond motifs is 3. The molecule has 6 atom stereocenters. The van der Waals surface area contributed by atoms with Crippen molar-refractivity contribution in [2.24, 2.45) is 29.4 Å². The summed E-state index contributed by atoms with van der Waals surface area (Å²) in [4.78, 5) is 70.3. The fourth-order valence-electron chi connectivity index (χ4n) is 7.39. The molecule has 2 aromatic carbocycles. The zero-order valence-electron chi connectivity index (χ0n) is 26.1. The first-order chi connectivity index (χ1) is 21.9. The number of hydrogen-bond acceptors (Lipinski definition) is 11. The number of halogens is 3. The van der Waals surface area contributed by atoms with Gasteiger partial charge in [-0.05, 0) is 62.2 Å². The molecule has 0 spiro atoms. The molecule has 2 aromatic rings. The van der Waals surface area contributed by atoms with Gasteiger partial charge in [-0.1, -0.05) is 12.1 Å². The molecule has 252 valence electrons. The minimum atomic E-state index is -4.82. The summed E-state index contributed by atoms with van der Waals surface area (Å²) in [6.45, 7) is 0.202. The van der Waals surface area contributed by atoms with E-state index in [-0.39, 0.29) is 42.8 Å². The molecule has 5 N–H and O–H groups in total. The van der Waals surface area contributed by atoms with Gasteiger partial charge in [-0.2, -0.15) is 0 Å². The molecule has 0 aliphatic heterocycles. The topological polar surface area (TPSA) is 180 Å². The van der Waals surface area contributed by atoms with Gasteiger partial charge in [0, 0.05) is 44.4 Å². The van der Waals surface area contributed by atoms with E-state index in [1.165, 1.54) is 43.3 Å². The first-order valence-electron chi connectivity index (χ1n) is 14.8. The number of nitrogens with two attached hydrogens (primary N) is 1. The number of Topliss-reactive ketones (excluding diaryl/α,β-unsaturated/α-hetero) is 4. The summed E-state index contributed by atoms with van der Waals surface area (Å²) in [5, 5.41) is 26.2. The zero-order chi connectivity index (χ0) is 34.7. The second-order valence-corrected chi connectivity index (χ2v) is 12.7. The number of nitrogens with zero attached hydrogens (tertiary/aromatic N) is 2. The van der Waals surface area contributed by atoms with E-state index in [4.69, 9.17) is 5.73 Å². The van der Waals surface area contributed by atoms with E-state index in [9.17, 15) is 47.4 Å². The van der Waals surface area contributed by atoms with Gasteiger partial charge >= 0.3 is 6.36 Å². The van der Waals surface area contributed by atoms with Crippen molar-refractivity contribution in [2.45, 2.75) is 43.9 Å². The van der Waals surface area contributed by atoms with Gasteiger partial charge in [-0.15, -0.1) is 13.2 Å². The SMILES string of the molecule is CN(C)c1cc(CNCc2ccc(OC(F)(F)F)cc2)c(O)c2c1C[C@H]1C[C@H]3[C@H](N(C)C)C(=O)C(C(N)=O)C(=O)[C@@]3(O)C(=O)C1C2=O. The predicted molar refractivity (Wildman–Crippen MR) is 159 cm³/mol. The molecule has 2 unspecified atom stereocenters. The lowest BCUT2D eigenvalue weighted by molar-refractivity contribution is -0.274. The zero-order valence-corrected chi connectivity index (χ0v) is 26.1. The first-order valence-corrected chi connectivity index (χ1v) is 14.8. The molecule has 47 heavy (non-hydrogen) atoms. The van der Waals surface area contributed by atoms with Crippen LogP contribution in [-0.2, 0) is 38.7 Å². The number of aromatic hydroxyl groups is 1. The van der Waals surface area contributed by atoms with Crippen molar-refractivity contribution < 1.29 is 52.1 Å².